The number of aromatic nitrogens is 1. The van der Waals surface area contributed by atoms with Crippen LogP contribution in [-0.2, 0) is 21.6 Å². The Morgan fingerprint density at radius 2 is 1.77 bits per heavy atom. The van der Waals surface area contributed by atoms with Crippen LogP contribution in [0.2, 0.25) is 0 Å². The van der Waals surface area contributed by atoms with Gasteiger partial charge in [0.2, 0.25) is 0 Å². The van der Waals surface area contributed by atoms with Crippen molar-refractivity contribution in [1.29, 1.82) is 0 Å². The Bertz CT molecular complexity index is 661. The van der Waals surface area contributed by atoms with Gasteiger partial charge < -0.3 is 14.9 Å². The molecule has 7 heteroatoms. The number of hydrogen-bond acceptors (Lipinski definition) is 3. The molecule has 3 heterocycles. The summed E-state index contributed by atoms with van der Waals surface area (Å²) in [6.07, 6.45) is 16.9. The van der Waals surface area contributed by atoms with Crippen molar-refractivity contribution in [3.8, 4) is 0 Å². The van der Waals surface area contributed by atoms with Gasteiger partial charge in [-0.1, -0.05) is 45.1 Å². The fraction of sp³-hybridized carbons (Fsp3) is 0.708. The van der Waals surface area contributed by atoms with Crippen molar-refractivity contribution in [2.75, 3.05) is 6.54 Å². The molecule has 3 nitrogen and oxygen atoms in total. The third-order valence-corrected chi connectivity index (χ3v) is 11.4. The van der Waals surface area contributed by atoms with Crippen LogP contribution >= 0.6 is 23.4 Å². The SMILES string of the molecule is C1CCCC1.[B][P+]1(N2CCC[C@H]2CC)O[C@H](c2cccnc2Br)C2CCCC21.[CH3-].[CH3-].[Fe+2]. The van der Waals surface area contributed by atoms with E-state index < -0.39 is 7.52 Å². The van der Waals surface area contributed by atoms with E-state index >= 15 is 0 Å². The van der Waals surface area contributed by atoms with Crippen molar-refractivity contribution in [2.24, 2.45) is 5.92 Å². The average molecular weight is 550 g/mol. The van der Waals surface area contributed by atoms with Gasteiger partial charge in [0.25, 0.3) is 0 Å². The summed E-state index contributed by atoms with van der Waals surface area (Å²) in [6.45, 7) is 3.40. The standard InChI is InChI=1S/C17H24BBrN2OP.C5H10.2CH3.Fe/c1-2-12-6-5-11-21(12)23(18)15-9-3-7-13(15)16(22-23)14-8-4-10-20-17(14)19;1-2-4-5-3-1;;;/h4,8,10,12-13,15-16H,2-3,5-7,9,11H2,1H3;1-5H2;2*1H3;/q+1;;2*-1;+2/t12-,13?,15?,16+,23?;;;;/m1..../s1. The number of hydrogen-bond donors (Lipinski definition) is 0. The first-order chi connectivity index (χ1) is 13.6. The molecule has 0 spiro atoms. The molecular formula is C24H40BBrFeN2OP+. The second-order valence-corrected chi connectivity index (χ2v) is 12.4. The predicted octanol–water partition coefficient (Wildman–Crippen LogP) is 7.74. The van der Waals surface area contributed by atoms with E-state index in [1.165, 1.54) is 76.2 Å². The maximum absolute atomic E-state index is 7.07. The normalized spacial score (nSPS) is 34.0. The summed E-state index contributed by atoms with van der Waals surface area (Å²) in [5, 5.41) is 0. The largest absolute Gasteiger partial charge is 2.00 e. The molecule has 0 aromatic carbocycles. The van der Waals surface area contributed by atoms with Crippen LogP contribution in [0.25, 0.3) is 0 Å². The number of halogens is 1. The third-order valence-electron chi connectivity index (χ3n) is 7.24. The van der Waals surface area contributed by atoms with Crippen LogP contribution in [0.15, 0.2) is 22.9 Å². The topological polar surface area (TPSA) is 25.4 Å². The first-order valence-electron chi connectivity index (χ1n) is 11.4. The summed E-state index contributed by atoms with van der Waals surface area (Å²) in [4.78, 5) is 4.41. The van der Waals surface area contributed by atoms with Crippen LogP contribution in [-0.4, -0.2) is 35.5 Å². The molecule has 1 aromatic heterocycles. The second-order valence-electron chi connectivity index (χ2n) is 8.88. The molecule has 5 atom stereocenters. The van der Waals surface area contributed by atoms with Gasteiger partial charge in [-0.2, -0.15) is 4.67 Å². The minimum absolute atomic E-state index is 0. The van der Waals surface area contributed by atoms with Gasteiger partial charge in [-0.3, -0.25) is 0 Å². The monoisotopic (exact) mass is 549 g/mol. The molecule has 0 bridgehead atoms. The summed E-state index contributed by atoms with van der Waals surface area (Å²) < 4.78 is 10.2. The quantitative estimate of drug-likeness (QED) is 0.167. The van der Waals surface area contributed by atoms with Gasteiger partial charge in [-0.15, -0.1) is 0 Å². The van der Waals surface area contributed by atoms with Gasteiger partial charge in [0, 0.05) is 30.3 Å². The Morgan fingerprint density at radius 1 is 1.10 bits per heavy atom. The molecule has 4 fully saturated rings. The molecule has 174 valence electrons. The molecule has 2 radical (unpaired) electrons. The van der Waals surface area contributed by atoms with E-state index in [0.717, 1.165) is 11.1 Å². The smallest absolute Gasteiger partial charge is 0.358 e. The third kappa shape index (κ3) is 6.17. The van der Waals surface area contributed by atoms with E-state index in [2.05, 4.69) is 38.6 Å². The Morgan fingerprint density at radius 3 is 2.39 bits per heavy atom. The fourth-order valence-corrected chi connectivity index (χ4v) is 10.2. The predicted molar refractivity (Wildman–Crippen MR) is 135 cm³/mol. The van der Waals surface area contributed by atoms with Crippen molar-refractivity contribution < 1.29 is 21.6 Å². The minimum Gasteiger partial charge on any atom is -0.358 e. The van der Waals surface area contributed by atoms with E-state index in [4.69, 9.17) is 12.1 Å². The number of pyridine rings is 1. The Labute approximate surface area is 212 Å². The summed E-state index contributed by atoms with van der Waals surface area (Å²) in [7, 11) is 5.07. The molecule has 31 heavy (non-hydrogen) atoms. The molecule has 2 aliphatic heterocycles. The molecular weight excluding hydrogens is 510 g/mol. The first-order valence-corrected chi connectivity index (χ1v) is 14.0. The molecule has 2 saturated heterocycles. The molecule has 0 amide bonds. The van der Waals surface area contributed by atoms with Crippen LogP contribution < -0.4 is 0 Å². The number of nitrogens with zero attached hydrogens (tertiary/aromatic N) is 2. The molecule has 2 saturated carbocycles. The fourth-order valence-electron chi connectivity index (χ4n) is 5.80. The maximum atomic E-state index is 7.07. The Kier molecular flexibility index (Phi) is 12.8. The summed E-state index contributed by atoms with van der Waals surface area (Å²) in [6, 6.07) is 4.77. The van der Waals surface area contributed by atoms with Crippen molar-refractivity contribution >= 4 is 31.0 Å². The summed E-state index contributed by atoms with van der Waals surface area (Å²) in [5.41, 5.74) is 1.73. The molecule has 1 aromatic rings. The molecule has 0 N–H and O–H groups in total. The Balaban J connectivity index is 0.000000534. The molecule has 2 aliphatic carbocycles. The number of rotatable bonds is 3. The summed E-state index contributed by atoms with van der Waals surface area (Å²) >= 11 is 3.62. The van der Waals surface area contributed by atoms with Crippen LogP contribution in [0.3, 0.4) is 0 Å². The van der Waals surface area contributed by atoms with Gasteiger partial charge in [0.05, 0.1) is 0 Å². The summed E-state index contributed by atoms with van der Waals surface area (Å²) in [5.74, 6) is 0.562. The minimum atomic E-state index is -2.00. The van der Waals surface area contributed by atoms with Gasteiger partial charge in [-0.05, 0) is 60.5 Å². The zero-order valence-corrected chi connectivity index (χ0v) is 23.2. The van der Waals surface area contributed by atoms with Crippen molar-refractivity contribution in [1.82, 2.24) is 9.65 Å². The molecule has 3 unspecified atom stereocenters. The van der Waals surface area contributed by atoms with Crippen molar-refractivity contribution in [3.63, 3.8) is 0 Å². The van der Waals surface area contributed by atoms with Gasteiger partial charge in [0.1, 0.15) is 16.4 Å². The van der Waals surface area contributed by atoms with Gasteiger partial charge in [0.15, 0.2) is 7.52 Å². The van der Waals surface area contributed by atoms with Crippen LogP contribution in [0.1, 0.15) is 89.2 Å². The van der Waals surface area contributed by atoms with Crippen LogP contribution in [0.4, 0.5) is 0 Å². The average Bonchev–Trinajstić information content (AvgIpc) is 3.49. The second kappa shape index (κ2) is 13.5. The Hall–Kier alpha value is 0.564. The van der Waals surface area contributed by atoms with Crippen molar-refractivity contribution in [2.45, 2.75) is 95.4 Å². The molecule has 5 rings (SSSR count). The van der Waals surface area contributed by atoms with E-state index in [1.807, 2.05) is 12.3 Å². The van der Waals surface area contributed by atoms with E-state index in [9.17, 15) is 0 Å². The van der Waals surface area contributed by atoms with Gasteiger partial charge in [-0.25, -0.2) is 9.51 Å². The zero-order chi connectivity index (χ0) is 19.6. The first kappa shape index (κ1) is 29.6. The van der Waals surface area contributed by atoms with Gasteiger partial charge >= 0.3 is 24.6 Å². The van der Waals surface area contributed by atoms with Crippen molar-refractivity contribution in [3.05, 3.63) is 43.3 Å². The van der Waals surface area contributed by atoms with Crippen LogP contribution in [0, 0.1) is 20.8 Å². The molecule has 4 aliphatic rings. The van der Waals surface area contributed by atoms with E-state index in [-0.39, 0.29) is 38.0 Å². The van der Waals surface area contributed by atoms with E-state index in [0.29, 0.717) is 17.6 Å². The maximum Gasteiger partial charge on any atom is 2.00 e. The van der Waals surface area contributed by atoms with Crippen LogP contribution in [0.5, 0.6) is 0 Å². The van der Waals surface area contributed by atoms with E-state index in [1.54, 1.807) is 0 Å². The number of fused-ring (bicyclic) bond motifs is 1. The zero-order valence-electron chi connectivity index (χ0n) is 19.6.